The Morgan fingerprint density at radius 2 is 1.74 bits per heavy atom. The van der Waals surface area contributed by atoms with Crippen molar-refractivity contribution in [1.82, 2.24) is 0 Å². The largest absolute Gasteiger partial charge is 0.493 e. The fourth-order valence-corrected chi connectivity index (χ4v) is 3.06. The molecule has 0 aliphatic rings. The molecule has 0 aromatic heterocycles. The summed E-state index contributed by atoms with van der Waals surface area (Å²) in [5.41, 5.74) is 7.36. The summed E-state index contributed by atoms with van der Waals surface area (Å²) in [6, 6.07) is 5.89. The molecular weight excluding hydrogens is 342 g/mol. The van der Waals surface area contributed by atoms with Crippen molar-refractivity contribution in [2.75, 3.05) is 27.4 Å². The second kappa shape index (κ2) is 13.8. The average Bonchev–Trinajstić information content (AvgIpc) is 2.65. The highest BCUT2D eigenvalue weighted by molar-refractivity contribution is 5.43. The molecule has 0 aliphatic carbocycles. The van der Waals surface area contributed by atoms with Crippen LogP contribution in [0.25, 0.3) is 0 Å². The van der Waals surface area contributed by atoms with Crippen molar-refractivity contribution in [3.05, 3.63) is 23.8 Å². The maximum absolute atomic E-state index is 10.2. The lowest BCUT2D eigenvalue weighted by molar-refractivity contribution is 0.126. The highest BCUT2D eigenvalue weighted by atomic mass is 16.5. The van der Waals surface area contributed by atoms with E-state index in [0.29, 0.717) is 19.1 Å². The summed E-state index contributed by atoms with van der Waals surface area (Å²) in [5.74, 6) is 2.19. The van der Waals surface area contributed by atoms with Gasteiger partial charge in [-0.25, -0.2) is 0 Å². The van der Waals surface area contributed by atoms with Gasteiger partial charge in [0.2, 0.25) is 0 Å². The molecule has 1 aromatic rings. The minimum atomic E-state index is -0.403. The Balaban J connectivity index is 2.42. The van der Waals surface area contributed by atoms with Gasteiger partial charge >= 0.3 is 0 Å². The summed E-state index contributed by atoms with van der Waals surface area (Å²) in [7, 11) is 3.34. The topological polar surface area (TPSA) is 73.9 Å². The molecule has 0 saturated carbocycles. The number of hydrogen-bond acceptors (Lipinski definition) is 5. The van der Waals surface area contributed by atoms with Crippen LogP contribution in [0.1, 0.15) is 57.9 Å². The van der Waals surface area contributed by atoms with Gasteiger partial charge in [-0.2, -0.15) is 0 Å². The third-order valence-electron chi connectivity index (χ3n) is 4.76. The minimum Gasteiger partial charge on any atom is -0.493 e. The molecule has 5 nitrogen and oxygen atoms in total. The van der Waals surface area contributed by atoms with Gasteiger partial charge in [0.15, 0.2) is 11.5 Å². The Hall–Kier alpha value is -1.30. The molecule has 2 atom stereocenters. The van der Waals surface area contributed by atoms with Gasteiger partial charge in [-0.15, -0.1) is 0 Å². The Morgan fingerprint density at radius 3 is 2.41 bits per heavy atom. The van der Waals surface area contributed by atoms with Gasteiger partial charge in [-0.05, 0) is 49.3 Å². The quantitative estimate of drug-likeness (QED) is 0.450. The molecule has 2 unspecified atom stereocenters. The van der Waals surface area contributed by atoms with Gasteiger partial charge in [-0.1, -0.05) is 32.8 Å². The van der Waals surface area contributed by atoms with Gasteiger partial charge in [0.1, 0.15) is 0 Å². The summed E-state index contributed by atoms with van der Waals surface area (Å²) in [5, 5.41) is 10.2. The third kappa shape index (κ3) is 9.99. The number of aliphatic hydroxyl groups is 1. The van der Waals surface area contributed by atoms with Crippen LogP contribution in [0.2, 0.25) is 0 Å². The second-order valence-corrected chi connectivity index (χ2v) is 7.63. The van der Waals surface area contributed by atoms with E-state index in [0.717, 1.165) is 56.4 Å². The number of aliphatic hydroxyl groups excluding tert-OH is 1. The van der Waals surface area contributed by atoms with Crippen molar-refractivity contribution in [2.24, 2.45) is 11.7 Å². The van der Waals surface area contributed by atoms with Crippen molar-refractivity contribution < 1.29 is 19.3 Å². The highest BCUT2D eigenvalue weighted by Crippen LogP contribution is 2.29. The van der Waals surface area contributed by atoms with E-state index in [9.17, 15) is 5.11 Å². The minimum absolute atomic E-state index is 0.153. The van der Waals surface area contributed by atoms with E-state index in [2.05, 4.69) is 19.9 Å². The van der Waals surface area contributed by atoms with E-state index in [1.165, 1.54) is 5.56 Å². The summed E-state index contributed by atoms with van der Waals surface area (Å²) in [6.45, 7) is 5.69. The molecule has 0 spiro atoms. The molecule has 5 heteroatoms. The number of hydrogen-bond donors (Lipinski definition) is 2. The molecule has 156 valence electrons. The van der Waals surface area contributed by atoms with Crippen molar-refractivity contribution in [3.8, 4) is 11.5 Å². The van der Waals surface area contributed by atoms with Gasteiger partial charge in [-0.3, -0.25) is 0 Å². The molecule has 1 aromatic carbocycles. The predicted molar refractivity (Wildman–Crippen MR) is 111 cm³/mol. The van der Waals surface area contributed by atoms with Crippen LogP contribution in [0.4, 0.5) is 0 Å². The van der Waals surface area contributed by atoms with Gasteiger partial charge in [0.25, 0.3) is 0 Å². The first-order chi connectivity index (χ1) is 13.0. The SMILES string of the molecule is COCCCOc1cc(CCCC(N)C(O)CCCC(C)C)ccc1OC. The molecule has 0 bridgehead atoms. The number of ether oxygens (including phenoxy) is 3. The van der Waals surface area contributed by atoms with E-state index in [1.807, 2.05) is 12.1 Å². The molecule has 27 heavy (non-hydrogen) atoms. The van der Waals surface area contributed by atoms with Crippen LogP contribution in [0.3, 0.4) is 0 Å². The molecule has 0 fully saturated rings. The Morgan fingerprint density at radius 1 is 0.963 bits per heavy atom. The lowest BCUT2D eigenvalue weighted by Gasteiger charge is -2.19. The number of benzene rings is 1. The lowest BCUT2D eigenvalue weighted by Crippen LogP contribution is -2.34. The first kappa shape index (κ1) is 23.7. The molecule has 0 heterocycles. The fourth-order valence-electron chi connectivity index (χ4n) is 3.06. The fraction of sp³-hybridized carbons (Fsp3) is 0.727. The zero-order chi connectivity index (χ0) is 20.1. The van der Waals surface area contributed by atoms with Crippen LogP contribution < -0.4 is 15.2 Å². The number of methoxy groups -OCH3 is 2. The van der Waals surface area contributed by atoms with E-state index < -0.39 is 6.10 Å². The van der Waals surface area contributed by atoms with E-state index in [4.69, 9.17) is 19.9 Å². The van der Waals surface area contributed by atoms with Crippen LogP contribution in [0, 0.1) is 5.92 Å². The molecule has 3 N–H and O–H groups in total. The number of rotatable bonds is 15. The maximum Gasteiger partial charge on any atom is 0.161 e. The van der Waals surface area contributed by atoms with Crippen molar-refractivity contribution in [3.63, 3.8) is 0 Å². The molecule has 0 aliphatic heterocycles. The summed E-state index contributed by atoms with van der Waals surface area (Å²) >= 11 is 0. The van der Waals surface area contributed by atoms with Crippen LogP contribution in [-0.2, 0) is 11.2 Å². The van der Waals surface area contributed by atoms with E-state index in [-0.39, 0.29) is 6.04 Å². The van der Waals surface area contributed by atoms with Crippen LogP contribution in [0.5, 0.6) is 11.5 Å². The number of nitrogens with two attached hydrogens (primary N) is 1. The monoisotopic (exact) mass is 381 g/mol. The third-order valence-corrected chi connectivity index (χ3v) is 4.76. The zero-order valence-corrected chi connectivity index (χ0v) is 17.6. The number of aryl methyl sites for hydroxylation is 1. The molecular formula is C22H39NO4. The maximum atomic E-state index is 10.2. The molecule has 1 rings (SSSR count). The first-order valence-corrected chi connectivity index (χ1v) is 10.2. The van der Waals surface area contributed by atoms with Crippen molar-refractivity contribution in [2.45, 2.75) is 70.9 Å². The Labute approximate surface area is 165 Å². The van der Waals surface area contributed by atoms with Crippen molar-refractivity contribution >= 4 is 0 Å². The Kier molecular flexibility index (Phi) is 12.1. The predicted octanol–water partition coefficient (Wildman–Crippen LogP) is 3.95. The summed E-state index contributed by atoms with van der Waals surface area (Å²) in [6.07, 6.45) is 6.08. The van der Waals surface area contributed by atoms with Crippen molar-refractivity contribution in [1.29, 1.82) is 0 Å². The highest BCUT2D eigenvalue weighted by Gasteiger charge is 2.14. The molecule has 0 amide bonds. The first-order valence-electron chi connectivity index (χ1n) is 10.2. The summed E-state index contributed by atoms with van der Waals surface area (Å²) < 4.78 is 16.3. The van der Waals surface area contributed by atoms with Crippen LogP contribution >= 0.6 is 0 Å². The normalized spacial score (nSPS) is 13.6. The molecule has 0 radical (unpaired) electrons. The molecule has 0 saturated heterocycles. The van der Waals surface area contributed by atoms with E-state index in [1.54, 1.807) is 14.2 Å². The van der Waals surface area contributed by atoms with Gasteiger partial charge in [0.05, 0.1) is 19.8 Å². The van der Waals surface area contributed by atoms with Crippen LogP contribution in [0.15, 0.2) is 18.2 Å². The van der Waals surface area contributed by atoms with Gasteiger partial charge < -0.3 is 25.1 Å². The second-order valence-electron chi connectivity index (χ2n) is 7.63. The summed E-state index contributed by atoms with van der Waals surface area (Å²) in [4.78, 5) is 0. The smallest absolute Gasteiger partial charge is 0.161 e. The van der Waals surface area contributed by atoms with E-state index >= 15 is 0 Å². The Bertz CT molecular complexity index is 507. The zero-order valence-electron chi connectivity index (χ0n) is 17.6. The lowest BCUT2D eigenvalue weighted by atomic mass is 9.97. The van der Waals surface area contributed by atoms with Crippen LogP contribution in [-0.4, -0.2) is 44.7 Å². The van der Waals surface area contributed by atoms with Gasteiger partial charge in [0, 0.05) is 26.2 Å². The standard InChI is InChI=1S/C22H39NO4/c1-17(2)8-5-11-20(24)19(23)10-6-9-18-12-13-21(26-4)22(16-18)27-15-7-14-25-3/h12-13,16-17,19-20,24H,5-11,14-15,23H2,1-4H3. The average molecular weight is 382 g/mol.